The number of aryl methyl sites for hydroxylation is 1. The number of piperidine rings is 1. The van der Waals surface area contributed by atoms with E-state index in [0.717, 1.165) is 31.5 Å². The lowest BCUT2D eigenvalue weighted by Crippen LogP contribution is -2.47. The van der Waals surface area contributed by atoms with Gasteiger partial charge in [-0.15, -0.1) is 10.2 Å². The van der Waals surface area contributed by atoms with E-state index in [0.29, 0.717) is 28.9 Å². The molecule has 0 saturated carbocycles. The number of amides is 1. The Bertz CT molecular complexity index is 945. The first-order valence-corrected chi connectivity index (χ1v) is 11.7. The highest BCUT2D eigenvalue weighted by atomic mass is 16.6. The molecule has 2 heterocycles. The number of para-hydroxylation sites is 1. The summed E-state index contributed by atoms with van der Waals surface area (Å²) in [5.41, 5.74) is 8.75. The molecule has 2 aromatic carbocycles. The van der Waals surface area contributed by atoms with Gasteiger partial charge in [0, 0.05) is 19.1 Å². The van der Waals surface area contributed by atoms with Crippen molar-refractivity contribution >= 4 is 23.2 Å². The van der Waals surface area contributed by atoms with Crippen molar-refractivity contribution in [3.63, 3.8) is 0 Å². The van der Waals surface area contributed by atoms with Gasteiger partial charge in [0.15, 0.2) is 5.75 Å². The Morgan fingerprint density at radius 2 is 1.62 bits per heavy atom. The van der Waals surface area contributed by atoms with Gasteiger partial charge in [-0.1, -0.05) is 31.0 Å². The number of ether oxygens (including phenoxy) is 1. The van der Waals surface area contributed by atoms with E-state index in [-0.39, 0.29) is 6.09 Å². The highest BCUT2D eigenvalue weighted by molar-refractivity contribution is 5.73. The van der Waals surface area contributed by atoms with Crippen LogP contribution in [-0.4, -0.2) is 48.1 Å². The van der Waals surface area contributed by atoms with Crippen molar-refractivity contribution in [3.8, 4) is 5.75 Å². The molecule has 2 aliphatic heterocycles. The molecule has 0 atom stereocenters. The number of anilines is 1. The summed E-state index contributed by atoms with van der Waals surface area (Å²) in [7, 11) is 0. The highest BCUT2D eigenvalue weighted by Gasteiger charge is 2.28. The van der Waals surface area contributed by atoms with Gasteiger partial charge in [0.05, 0.1) is 5.69 Å². The molecular weight excluding hydrogens is 402 g/mol. The Balaban J connectivity index is 1.36. The number of rotatable bonds is 4. The summed E-state index contributed by atoms with van der Waals surface area (Å²) in [4.78, 5) is 17.3. The second-order valence-corrected chi connectivity index (χ2v) is 8.77. The van der Waals surface area contributed by atoms with Crippen LogP contribution in [0.4, 0.5) is 21.9 Å². The van der Waals surface area contributed by atoms with Gasteiger partial charge in [-0.3, -0.25) is 0 Å². The molecule has 2 N–H and O–H groups in total. The monoisotopic (exact) mass is 435 g/mol. The van der Waals surface area contributed by atoms with E-state index in [1.54, 1.807) is 17.0 Å². The van der Waals surface area contributed by atoms with Gasteiger partial charge in [0.25, 0.3) is 0 Å². The van der Waals surface area contributed by atoms with Crippen LogP contribution >= 0.6 is 0 Å². The van der Waals surface area contributed by atoms with Gasteiger partial charge in [-0.05, 0) is 75.5 Å². The van der Waals surface area contributed by atoms with Crippen LogP contribution in [0.1, 0.15) is 44.1 Å². The van der Waals surface area contributed by atoms with Gasteiger partial charge in [-0.2, -0.15) is 0 Å². The maximum Gasteiger partial charge on any atom is 0.415 e. The van der Waals surface area contributed by atoms with Crippen LogP contribution in [0.15, 0.2) is 52.7 Å². The standard InChI is InChI=1S/C25H33N5O2/c1-19-10-11-22(21(26)18-19)27-28-23-8-4-5-9-24(23)32-25(31)30-16-12-20(13-17-30)29-14-6-2-3-7-15-29/h4-5,8-11,18,20H,2-3,6-7,12-17,26H2,1H3. The quantitative estimate of drug-likeness (QED) is 0.484. The third-order valence-corrected chi connectivity index (χ3v) is 6.39. The average molecular weight is 436 g/mol. The minimum atomic E-state index is -0.322. The molecule has 2 saturated heterocycles. The maximum absolute atomic E-state index is 12.8. The Labute approximate surface area is 190 Å². The van der Waals surface area contributed by atoms with Crippen molar-refractivity contribution in [2.45, 2.75) is 51.5 Å². The fraction of sp³-hybridized carbons (Fsp3) is 0.480. The topological polar surface area (TPSA) is 83.5 Å². The molecule has 170 valence electrons. The van der Waals surface area contributed by atoms with Crippen LogP contribution in [0.25, 0.3) is 0 Å². The molecule has 0 aliphatic carbocycles. The van der Waals surface area contributed by atoms with Crippen molar-refractivity contribution in [1.29, 1.82) is 0 Å². The Morgan fingerprint density at radius 3 is 2.34 bits per heavy atom. The van der Waals surface area contributed by atoms with Gasteiger partial charge < -0.3 is 20.3 Å². The van der Waals surface area contributed by atoms with Crippen LogP contribution in [0, 0.1) is 6.92 Å². The molecular formula is C25H33N5O2. The maximum atomic E-state index is 12.8. The lowest BCUT2D eigenvalue weighted by molar-refractivity contribution is 0.100. The van der Waals surface area contributed by atoms with E-state index >= 15 is 0 Å². The predicted octanol–water partition coefficient (Wildman–Crippen LogP) is 5.83. The minimum Gasteiger partial charge on any atom is -0.408 e. The number of nitrogen functional groups attached to an aromatic ring is 1. The van der Waals surface area contributed by atoms with Crippen LogP contribution in [-0.2, 0) is 0 Å². The molecule has 2 aromatic rings. The average Bonchev–Trinajstić information content (AvgIpc) is 3.09. The SMILES string of the molecule is Cc1ccc(N=Nc2ccccc2OC(=O)N2CCC(N3CCCCCC3)CC2)c(N)c1. The van der Waals surface area contributed by atoms with Crippen molar-refractivity contribution in [3.05, 3.63) is 48.0 Å². The highest BCUT2D eigenvalue weighted by Crippen LogP contribution is 2.31. The number of hydrogen-bond acceptors (Lipinski definition) is 6. The van der Waals surface area contributed by atoms with Gasteiger partial charge >= 0.3 is 6.09 Å². The molecule has 2 fully saturated rings. The summed E-state index contributed by atoms with van der Waals surface area (Å²) in [6, 6.07) is 13.4. The fourth-order valence-corrected chi connectivity index (χ4v) is 4.53. The minimum absolute atomic E-state index is 0.322. The van der Waals surface area contributed by atoms with Crippen molar-refractivity contribution < 1.29 is 9.53 Å². The van der Waals surface area contributed by atoms with E-state index in [1.807, 2.05) is 37.3 Å². The van der Waals surface area contributed by atoms with E-state index in [4.69, 9.17) is 10.5 Å². The number of nitrogens with two attached hydrogens (primary N) is 1. The first-order valence-electron chi connectivity index (χ1n) is 11.7. The molecule has 4 rings (SSSR count). The fourth-order valence-electron chi connectivity index (χ4n) is 4.53. The lowest BCUT2D eigenvalue weighted by Gasteiger charge is -2.37. The second-order valence-electron chi connectivity index (χ2n) is 8.77. The summed E-state index contributed by atoms with van der Waals surface area (Å²) >= 11 is 0. The molecule has 0 unspecified atom stereocenters. The Kier molecular flexibility index (Phi) is 7.37. The second kappa shape index (κ2) is 10.6. The van der Waals surface area contributed by atoms with Crippen molar-refractivity contribution in [2.24, 2.45) is 10.2 Å². The molecule has 7 nitrogen and oxygen atoms in total. The largest absolute Gasteiger partial charge is 0.415 e. The summed E-state index contributed by atoms with van der Waals surface area (Å²) in [5.74, 6) is 0.404. The van der Waals surface area contributed by atoms with Crippen molar-refractivity contribution in [2.75, 3.05) is 31.9 Å². The van der Waals surface area contributed by atoms with Crippen LogP contribution in [0.3, 0.4) is 0 Å². The lowest BCUT2D eigenvalue weighted by atomic mass is 10.0. The molecule has 0 spiro atoms. The third kappa shape index (κ3) is 5.65. The third-order valence-electron chi connectivity index (χ3n) is 6.39. The summed E-state index contributed by atoms with van der Waals surface area (Å²) in [5, 5.41) is 8.55. The first-order chi connectivity index (χ1) is 15.6. The number of nitrogens with zero attached hydrogens (tertiary/aromatic N) is 4. The number of carbonyl (C=O) groups excluding carboxylic acids is 1. The van der Waals surface area contributed by atoms with Gasteiger partial charge in [-0.25, -0.2) is 4.79 Å². The number of hydrogen-bond donors (Lipinski definition) is 1. The van der Waals surface area contributed by atoms with E-state index in [1.165, 1.54) is 38.8 Å². The van der Waals surface area contributed by atoms with E-state index < -0.39 is 0 Å². The van der Waals surface area contributed by atoms with Gasteiger partial charge in [0.2, 0.25) is 0 Å². The van der Waals surface area contributed by atoms with Crippen LogP contribution in [0.5, 0.6) is 5.75 Å². The molecule has 0 radical (unpaired) electrons. The van der Waals surface area contributed by atoms with Gasteiger partial charge in [0.1, 0.15) is 11.4 Å². The summed E-state index contributed by atoms with van der Waals surface area (Å²) in [6.45, 7) is 5.81. The number of azo groups is 1. The first kappa shape index (κ1) is 22.3. The molecule has 2 aliphatic rings. The number of likely N-dealkylation sites (tertiary alicyclic amines) is 2. The normalized spacial score (nSPS) is 18.6. The number of carbonyl (C=O) groups is 1. The Morgan fingerprint density at radius 1 is 0.938 bits per heavy atom. The summed E-state index contributed by atoms with van der Waals surface area (Å²) in [6.07, 6.45) is 6.96. The van der Waals surface area contributed by atoms with E-state index in [2.05, 4.69) is 15.1 Å². The van der Waals surface area contributed by atoms with Crippen molar-refractivity contribution in [1.82, 2.24) is 9.80 Å². The number of benzene rings is 2. The zero-order valence-corrected chi connectivity index (χ0v) is 18.9. The van der Waals surface area contributed by atoms with Crippen LogP contribution in [0.2, 0.25) is 0 Å². The molecule has 32 heavy (non-hydrogen) atoms. The molecule has 7 heteroatoms. The van der Waals surface area contributed by atoms with E-state index in [9.17, 15) is 4.79 Å². The van der Waals surface area contributed by atoms with Crippen LogP contribution < -0.4 is 10.5 Å². The zero-order chi connectivity index (χ0) is 22.3. The smallest absolute Gasteiger partial charge is 0.408 e. The summed E-state index contributed by atoms with van der Waals surface area (Å²) < 4.78 is 5.71. The molecule has 1 amide bonds. The predicted molar refractivity (Wildman–Crippen MR) is 127 cm³/mol. The zero-order valence-electron chi connectivity index (χ0n) is 18.9. The molecule has 0 bridgehead atoms. The molecule has 0 aromatic heterocycles. The Hall–Kier alpha value is -2.93.